The van der Waals surface area contributed by atoms with E-state index in [4.69, 9.17) is 4.74 Å². The predicted octanol–water partition coefficient (Wildman–Crippen LogP) is 3.57. The maximum atomic E-state index is 12.8. The van der Waals surface area contributed by atoms with Crippen LogP contribution >= 0.6 is 15.9 Å². The van der Waals surface area contributed by atoms with Crippen LogP contribution in [0.1, 0.15) is 15.9 Å². The topological polar surface area (TPSA) is 65.4 Å². The fourth-order valence-electron chi connectivity index (χ4n) is 2.51. The molecule has 0 radical (unpaired) electrons. The fourth-order valence-corrected chi connectivity index (χ4v) is 4.54. The molecule has 2 aromatic carbocycles. The van der Waals surface area contributed by atoms with Crippen molar-refractivity contribution in [3.8, 4) is 0 Å². The first kappa shape index (κ1) is 16.7. The van der Waals surface area contributed by atoms with Crippen LogP contribution in [0.25, 0.3) is 10.9 Å². The summed E-state index contributed by atoms with van der Waals surface area (Å²) < 4.78 is 32.1. The van der Waals surface area contributed by atoms with Crippen molar-refractivity contribution < 1.29 is 17.9 Å². The molecule has 0 unspecified atom stereocenters. The standard InChI is InChI=1S/C17H14BrNO4S/c1-23-17(20)13-9-15(18)14-7-8-19(16(14)10-13)24(21,22)11-12-5-3-2-4-6-12/h2-10H,11H2,1H3. The number of fused-ring (bicyclic) bond motifs is 1. The van der Waals surface area contributed by atoms with Gasteiger partial charge in [0.15, 0.2) is 0 Å². The first-order chi connectivity index (χ1) is 11.4. The van der Waals surface area contributed by atoms with E-state index in [0.717, 1.165) is 0 Å². The highest BCUT2D eigenvalue weighted by atomic mass is 79.9. The summed E-state index contributed by atoms with van der Waals surface area (Å²) in [6.07, 6.45) is 1.49. The van der Waals surface area contributed by atoms with Gasteiger partial charge in [-0.25, -0.2) is 17.2 Å². The maximum Gasteiger partial charge on any atom is 0.337 e. The molecule has 5 nitrogen and oxygen atoms in total. The third-order valence-electron chi connectivity index (χ3n) is 3.63. The van der Waals surface area contributed by atoms with E-state index >= 15 is 0 Å². The number of rotatable bonds is 4. The van der Waals surface area contributed by atoms with Gasteiger partial charge in [0.2, 0.25) is 10.0 Å². The summed E-state index contributed by atoms with van der Waals surface area (Å²) in [6.45, 7) is 0. The molecule has 0 atom stereocenters. The summed E-state index contributed by atoms with van der Waals surface area (Å²) >= 11 is 3.38. The van der Waals surface area contributed by atoms with Crippen molar-refractivity contribution in [2.45, 2.75) is 5.75 Å². The molecule has 3 aromatic rings. The van der Waals surface area contributed by atoms with Gasteiger partial charge in [-0.05, 0) is 23.8 Å². The lowest BCUT2D eigenvalue weighted by Crippen LogP contribution is -2.14. The molecule has 3 rings (SSSR count). The van der Waals surface area contributed by atoms with E-state index in [9.17, 15) is 13.2 Å². The van der Waals surface area contributed by atoms with Crippen LogP contribution in [0.2, 0.25) is 0 Å². The number of halogens is 1. The van der Waals surface area contributed by atoms with Crippen LogP contribution in [-0.4, -0.2) is 25.5 Å². The SMILES string of the molecule is COC(=O)c1cc(Br)c2ccn(S(=O)(=O)Cc3ccccc3)c2c1. The van der Waals surface area contributed by atoms with E-state index in [1.807, 2.05) is 6.07 Å². The third kappa shape index (κ3) is 3.09. The zero-order valence-electron chi connectivity index (χ0n) is 12.8. The Labute approximate surface area is 148 Å². The number of aromatic nitrogens is 1. The maximum absolute atomic E-state index is 12.8. The summed E-state index contributed by atoms with van der Waals surface area (Å²) in [4.78, 5) is 11.8. The number of methoxy groups -OCH3 is 1. The summed E-state index contributed by atoms with van der Waals surface area (Å²) in [7, 11) is -2.34. The quantitative estimate of drug-likeness (QED) is 0.620. The van der Waals surface area contributed by atoms with Gasteiger partial charge in [0.05, 0.1) is 23.9 Å². The lowest BCUT2D eigenvalue weighted by molar-refractivity contribution is 0.0601. The Bertz CT molecular complexity index is 1010. The highest BCUT2D eigenvalue weighted by Crippen LogP contribution is 2.29. The molecule has 1 heterocycles. The third-order valence-corrected chi connectivity index (χ3v) is 5.91. The number of carbonyl (C=O) groups excluding carboxylic acids is 1. The lowest BCUT2D eigenvalue weighted by atomic mass is 10.2. The number of benzene rings is 2. The Balaban J connectivity index is 2.12. The van der Waals surface area contributed by atoms with Crippen LogP contribution < -0.4 is 0 Å². The van der Waals surface area contributed by atoms with E-state index in [2.05, 4.69) is 15.9 Å². The molecule has 7 heteroatoms. The minimum absolute atomic E-state index is 0.127. The molecule has 1 aromatic heterocycles. The van der Waals surface area contributed by atoms with E-state index in [0.29, 0.717) is 20.9 Å². The number of esters is 1. The van der Waals surface area contributed by atoms with Gasteiger partial charge in [0.1, 0.15) is 0 Å². The molecular formula is C17H14BrNO4S. The Morgan fingerprint density at radius 2 is 1.88 bits per heavy atom. The highest BCUT2D eigenvalue weighted by Gasteiger charge is 2.19. The van der Waals surface area contributed by atoms with Gasteiger partial charge in [0.25, 0.3) is 0 Å². The van der Waals surface area contributed by atoms with E-state index in [1.165, 1.54) is 23.3 Å². The molecule has 0 saturated carbocycles. The van der Waals surface area contributed by atoms with Crippen LogP contribution in [-0.2, 0) is 20.5 Å². The molecule has 0 aliphatic rings. The van der Waals surface area contributed by atoms with Crippen molar-refractivity contribution in [2.24, 2.45) is 0 Å². The van der Waals surface area contributed by atoms with Crippen LogP contribution in [0.15, 0.2) is 59.2 Å². The monoisotopic (exact) mass is 407 g/mol. The summed E-state index contributed by atoms with van der Waals surface area (Å²) in [5.41, 5.74) is 1.41. The lowest BCUT2D eigenvalue weighted by Gasteiger charge is -2.09. The van der Waals surface area contributed by atoms with Crippen LogP contribution in [0, 0.1) is 0 Å². The second-order valence-electron chi connectivity index (χ2n) is 5.24. The largest absolute Gasteiger partial charge is 0.465 e. The Hall–Kier alpha value is -2.12. The number of hydrogen-bond donors (Lipinski definition) is 0. The van der Waals surface area contributed by atoms with Crippen molar-refractivity contribution in [1.29, 1.82) is 0 Å². The number of nitrogens with zero attached hydrogens (tertiary/aromatic N) is 1. The molecule has 0 saturated heterocycles. The summed E-state index contributed by atoms with van der Waals surface area (Å²) in [5, 5.41) is 0.708. The van der Waals surface area contributed by atoms with Gasteiger partial charge >= 0.3 is 5.97 Å². The minimum Gasteiger partial charge on any atom is -0.465 e. The zero-order chi connectivity index (χ0) is 17.3. The number of ether oxygens (including phenoxy) is 1. The van der Waals surface area contributed by atoms with Crippen LogP contribution in [0.3, 0.4) is 0 Å². The second-order valence-corrected chi connectivity index (χ2v) is 7.94. The molecule has 24 heavy (non-hydrogen) atoms. The fraction of sp³-hybridized carbons (Fsp3) is 0.118. The van der Waals surface area contributed by atoms with E-state index < -0.39 is 16.0 Å². The molecule has 0 amide bonds. The van der Waals surface area contributed by atoms with Crippen molar-refractivity contribution in [3.63, 3.8) is 0 Å². The molecule has 0 fully saturated rings. The second kappa shape index (κ2) is 6.41. The van der Waals surface area contributed by atoms with Crippen molar-refractivity contribution >= 4 is 42.8 Å². The molecule has 124 valence electrons. The van der Waals surface area contributed by atoms with Crippen molar-refractivity contribution in [1.82, 2.24) is 3.97 Å². The van der Waals surface area contributed by atoms with Crippen molar-refractivity contribution in [3.05, 3.63) is 70.3 Å². The van der Waals surface area contributed by atoms with Crippen LogP contribution in [0.5, 0.6) is 0 Å². The van der Waals surface area contributed by atoms with Gasteiger partial charge in [-0.2, -0.15) is 0 Å². The molecular weight excluding hydrogens is 394 g/mol. The summed E-state index contributed by atoms with van der Waals surface area (Å²) in [6, 6.07) is 13.8. The van der Waals surface area contributed by atoms with Crippen molar-refractivity contribution in [2.75, 3.05) is 7.11 Å². The molecule has 0 bridgehead atoms. The zero-order valence-corrected chi connectivity index (χ0v) is 15.2. The minimum atomic E-state index is -3.62. The number of carbonyl (C=O) groups is 1. The smallest absolute Gasteiger partial charge is 0.337 e. The average molecular weight is 408 g/mol. The Morgan fingerprint density at radius 1 is 1.17 bits per heavy atom. The highest BCUT2D eigenvalue weighted by molar-refractivity contribution is 9.10. The molecule has 0 aliphatic heterocycles. The number of hydrogen-bond acceptors (Lipinski definition) is 4. The molecule has 0 N–H and O–H groups in total. The van der Waals surface area contributed by atoms with Crippen LogP contribution in [0.4, 0.5) is 0 Å². The van der Waals surface area contributed by atoms with Gasteiger partial charge in [-0.3, -0.25) is 0 Å². The van der Waals surface area contributed by atoms with Gasteiger partial charge in [-0.1, -0.05) is 46.3 Å². The molecule has 0 spiro atoms. The molecule has 0 aliphatic carbocycles. The first-order valence-corrected chi connectivity index (χ1v) is 9.48. The van der Waals surface area contributed by atoms with E-state index in [1.54, 1.807) is 36.4 Å². The average Bonchev–Trinajstić information content (AvgIpc) is 3.00. The summed E-state index contributed by atoms with van der Waals surface area (Å²) in [5.74, 6) is -0.650. The van der Waals surface area contributed by atoms with Gasteiger partial charge in [-0.15, -0.1) is 0 Å². The van der Waals surface area contributed by atoms with E-state index in [-0.39, 0.29) is 11.3 Å². The van der Waals surface area contributed by atoms with Gasteiger partial charge < -0.3 is 4.74 Å². The van der Waals surface area contributed by atoms with Gasteiger partial charge in [0, 0.05) is 16.1 Å². The Morgan fingerprint density at radius 3 is 2.54 bits per heavy atom. The predicted molar refractivity (Wildman–Crippen MR) is 95.4 cm³/mol. The first-order valence-electron chi connectivity index (χ1n) is 7.08. The Kier molecular flexibility index (Phi) is 4.47. The normalized spacial score (nSPS) is 11.6.